The number of hydrogen-bond donors (Lipinski definition) is 3. The number of piperidine rings is 1. The van der Waals surface area contributed by atoms with Crippen molar-refractivity contribution in [3.63, 3.8) is 0 Å². The van der Waals surface area contributed by atoms with Crippen LogP contribution in [-0.2, 0) is 9.59 Å². The zero-order valence-corrected chi connectivity index (χ0v) is 12.8. The molecule has 0 aliphatic carbocycles. The third-order valence-corrected chi connectivity index (χ3v) is 3.36. The van der Waals surface area contributed by atoms with Crippen molar-refractivity contribution in [2.45, 2.75) is 57.7 Å². The van der Waals surface area contributed by atoms with Gasteiger partial charge in [0.25, 0.3) is 0 Å². The minimum absolute atomic E-state index is 0.00737. The first-order valence-electron chi connectivity index (χ1n) is 6.61. The maximum absolute atomic E-state index is 11.9. The fourth-order valence-corrected chi connectivity index (χ4v) is 2.93. The lowest BCUT2D eigenvalue weighted by Crippen LogP contribution is -2.63. The van der Waals surface area contributed by atoms with E-state index in [1.165, 1.54) is 12.1 Å². The second-order valence-electron chi connectivity index (χ2n) is 6.56. The van der Waals surface area contributed by atoms with Crippen LogP contribution in [0.25, 0.3) is 0 Å². The van der Waals surface area contributed by atoms with Crippen LogP contribution in [-0.4, -0.2) is 48.0 Å². The smallest absolute Gasteiger partial charge is 0.325 e. The summed E-state index contributed by atoms with van der Waals surface area (Å²) in [7, 11) is 3.13. The van der Waals surface area contributed by atoms with Crippen LogP contribution in [0.1, 0.15) is 40.5 Å². The van der Waals surface area contributed by atoms with Gasteiger partial charge in [-0.15, -0.1) is 0 Å². The number of carbonyl (C=O) groups is 2. The Balaban J connectivity index is 2.66. The van der Waals surface area contributed by atoms with Crippen molar-refractivity contribution >= 4 is 11.8 Å². The van der Waals surface area contributed by atoms with Gasteiger partial charge >= 0.3 is 11.8 Å². The molecule has 0 radical (unpaired) electrons. The predicted octanol–water partition coefficient (Wildman–Crippen LogP) is 0.00460. The summed E-state index contributed by atoms with van der Waals surface area (Å²) in [5, 5.41) is 7.55. The molecule has 0 aromatic rings. The summed E-state index contributed by atoms with van der Waals surface area (Å²) in [6.07, 6.45) is 1.61. The van der Waals surface area contributed by atoms with Crippen LogP contribution in [0.15, 0.2) is 0 Å². The molecule has 19 heavy (non-hydrogen) atoms. The Morgan fingerprint density at radius 1 is 1.16 bits per heavy atom. The molecular formula is C13H26N4O2. The Bertz CT molecular complexity index is 350. The van der Waals surface area contributed by atoms with Crippen LogP contribution in [0, 0.1) is 0 Å². The maximum Gasteiger partial charge on any atom is 0.325 e. The first-order valence-corrected chi connectivity index (χ1v) is 6.61. The van der Waals surface area contributed by atoms with Crippen LogP contribution in [0.3, 0.4) is 0 Å². The Morgan fingerprint density at radius 2 is 1.63 bits per heavy atom. The number of likely N-dealkylation sites (N-methyl/N-ethyl adjacent to an activating group) is 1. The van der Waals surface area contributed by atoms with E-state index in [-0.39, 0.29) is 17.1 Å². The molecule has 6 heteroatoms. The first-order chi connectivity index (χ1) is 8.56. The molecule has 6 nitrogen and oxygen atoms in total. The quantitative estimate of drug-likeness (QED) is 0.488. The van der Waals surface area contributed by atoms with E-state index < -0.39 is 11.8 Å². The number of rotatable bonds is 2. The average Bonchev–Trinajstić information content (AvgIpc) is 2.22. The summed E-state index contributed by atoms with van der Waals surface area (Å²) in [5.41, 5.74) is 2.51. The Hall–Kier alpha value is -1.14. The number of hydrazine groups is 1. The van der Waals surface area contributed by atoms with Crippen molar-refractivity contribution in [1.29, 1.82) is 0 Å². The summed E-state index contributed by atoms with van der Waals surface area (Å²) in [6, 6.07) is 0.00737. The van der Waals surface area contributed by atoms with Gasteiger partial charge in [0.15, 0.2) is 0 Å². The molecule has 0 bridgehead atoms. The van der Waals surface area contributed by atoms with Gasteiger partial charge < -0.3 is 10.6 Å². The van der Waals surface area contributed by atoms with E-state index >= 15 is 0 Å². The summed E-state index contributed by atoms with van der Waals surface area (Å²) >= 11 is 0. The molecule has 0 unspecified atom stereocenters. The topological polar surface area (TPSA) is 73.5 Å². The van der Waals surface area contributed by atoms with Crippen molar-refractivity contribution in [1.82, 2.24) is 21.1 Å². The molecule has 2 amide bonds. The maximum atomic E-state index is 11.9. The fraction of sp³-hybridized carbons (Fsp3) is 0.846. The molecule has 0 spiro atoms. The molecule has 110 valence electrons. The van der Waals surface area contributed by atoms with E-state index in [1.54, 1.807) is 7.05 Å². The van der Waals surface area contributed by atoms with Crippen molar-refractivity contribution < 1.29 is 9.59 Å². The summed E-state index contributed by atoms with van der Waals surface area (Å²) < 4.78 is 0. The highest BCUT2D eigenvalue weighted by molar-refractivity contribution is 6.34. The van der Waals surface area contributed by atoms with Gasteiger partial charge in [-0.3, -0.25) is 14.6 Å². The van der Waals surface area contributed by atoms with E-state index in [2.05, 4.69) is 43.8 Å². The lowest BCUT2D eigenvalue weighted by Gasteiger charge is -2.46. The third-order valence-electron chi connectivity index (χ3n) is 3.36. The van der Waals surface area contributed by atoms with Gasteiger partial charge in [0.05, 0.1) is 0 Å². The van der Waals surface area contributed by atoms with Gasteiger partial charge in [-0.05, 0) is 40.5 Å². The molecule has 0 saturated carbocycles. The Kier molecular flexibility index (Phi) is 4.58. The van der Waals surface area contributed by atoms with Crippen LogP contribution in [0.5, 0.6) is 0 Å². The first kappa shape index (κ1) is 15.9. The molecule has 1 heterocycles. The molecular weight excluding hydrogens is 244 g/mol. The van der Waals surface area contributed by atoms with Gasteiger partial charge in [0.2, 0.25) is 0 Å². The number of carbonyl (C=O) groups excluding carboxylic acids is 2. The normalized spacial score (nSPS) is 21.8. The van der Waals surface area contributed by atoms with E-state index in [9.17, 15) is 9.59 Å². The summed E-state index contributed by atoms with van der Waals surface area (Å²) in [4.78, 5) is 23.6. The Labute approximate surface area is 115 Å². The molecule has 1 aliphatic rings. The zero-order chi connectivity index (χ0) is 14.8. The standard InChI is InChI=1S/C13H26N4O2/c1-12(2)7-9(8-13(3,4)16-12)15-10(18)11(19)17(6)14-5/h9,14,16H,7-8H2,1-6H3,(H,15,18). The molecule has 0 atom stereocenters. The van der Waals surface area contributed by atoms with Crippen molar-refractivity contribution in [2.75, 3.05) is 14.1 Å². The van der Waals surface area contributed by atoms with Gasteiger partial charge in [-0.1, -0.05) is 0 Å². The van der Waals surface area contributed by atoms with Gasteiger partial charge in [0.1, 0.15) is 0 Å². The molecule has 0 aromatic carbocycles. The second kappa shape index (κ2) is 5.46. The van der Waals surface area contributed by atoms with E-state index in [1.807, 2.05) is 0 Å². The highest BCUT2D eigenvalue weighted by atomic mass is 16.2. The fourth-order valence-electron chi connectivity index (χ4n) is 2.93. The van der Waals surface area contributed by atoms with Crippen LogP contribution >= 0.6 is 0 Å². The van der Waals surface area contributed by atoms with Crippen LogP contribution in [0.2, 0.25) is 0 Å². The van der Waals surface area contributed by atoms with Crippen molar-refractivity contribution in [3.8, 4) is 0 Å². The largest absolute Gasteiger partial charge is 0.345 e. The molecule has 0 aromatic heterocycles. The third kappa shape index (κ3) is 4.47. The van der Waals surface area contributed by atoms with E-state index in [4.69, 9.17) is 0 Å². The highest BCUT2D eigenvalue weighted by Gasteiger charge is 2.38. The van der Waals surface area contributed by atoms with E-state index in [0.717, 1.165) is 12.8 Å². The van der Waals surface area contributed by atoms with Crippen molar-refractivity contribution in [2.24, 2.45) is 0 Å². The number of nitrogens with zero attached hydrogens (tertiary/aromatic N) is 1. The minimum Gasteiger partial charge on any atom is -0.345 e. The molecule has 1 aliphatic heterocycles. The lowest BCUT2D eigenvalue weighted by molar-refractivity contribution is -0.147. The molecule has 1 saturated heterocycles. The monoisotopic (exact) mass is 270 g/mol. The lowest BCUT2D eigenvalue weighted by atomic mass is 9.79. The van der Waals surface area contributed by atoms with Crippen molar-refractivity contribution in [3.05, 3.63) is 0 Å². The summed E-state index contributed by atoms with van der Waals surface area (Å²) in [5.74, 6) is -1.13. The Morgan fingerprint density at radius 3 is 2.05 bits per heavy atom. The molecule has 3 N–H and O–H groups in total. The van der Waals surface area contributed by atoms with Crippen LogP contribution < -0.4 is 16.1 Å². The summed E-state index contributed by atoms with van der Waals surface area (Å²) in [6.45, 7) is 8.42. The predicted molar refractivity (Wildman–Crippen MR) is 74.3 cm³/mol. The second-order valence-corrected chi connectivity index (χ2v) is 6.56. The number of amides is 2. The SMILES string of the molecule is CNN(C)C(=O)C(=O)NC1CC(C)(C)NC(C)(C)C1. The van der Waals surface area contributed by atoms with Crippen LogP contribution in [0.4, 0.5) is 0 Å². The highest BCUT2D eigenvalue weighted by Crippen LogP contribution is 2.28. The van der Waals surface area contributed by atoms with Gasteiger partial charge in [-0.25, -0.2) is 5.43 Å². The van der Waals surface area contributed by atoms with Gasteiger partial charge in [-0.2, -0.15) is 0 Å². The molecule has 1 rings (SSSR count). The van der Waals surface area contributed by atoms with E-state index in [0.29, 0.717) is 0 Å². The number of nitrogens with one attached hydrogen (secondary N) is 3. The molecule has 1 fully saturated rings. The zero-order valence-electron chi connectivity index (χ0n) is 12.8. The van der Waals surface area contributed by atoms with Gasteiger partial charge in [0, 0.05) is 31.2 Å². The minimum atomic E-state index is -0.573. The average molecular weight is 270 g/mol. The number of hydrogen-bond acceptors (Lipinski definition) is 4.